The largest absolute Gasteiger partial charge is 0.350 e. The molecule has 0 spiro atoms. The number of amides is 2. The fraction of sp³-hybridized carbons (Fsp3) is 0.355. The molecule has 0 saturated carbocycles. The van der Waals surface area contributed by atoms with E-state index in [0.29, 0.717) is 6.42 Å². The molecule has 220 valence electrons. The van der Waals surface area contributed by atoms with Gasteiger partial charge in [-0.3, -0.25) is 13.9 Å². The van der Waals surface area contributed by atoms with Crippen LogP contribution < -0.4 is 9.62 Å². The first-order valence-electron chi connectivity index (χ1n) is 13.3. The molecule has 1 N–H and O–H groups in total. The van der Waals surface area contributed by atoms with Crippen molar-refractivity contribution in [2.75, 3.05) is 10.8 Å². The van der Waals surface area contributed by atoms with E-state index in [1.54, 1.807) is 12.1 Å². The molecular formula is C31H37Cl2N3O4S. The van der Waals surface area contributed by atoms with Crippen LogP contribution in [0.3, 0.4) is 0 Å². The van der Waals surface area contributed by atoms with Crippen LogP contribution in [0.5, 0.6) is 0 Å². The van der Waals surface area contributed by atoms with Crippen LogP contribution in [0.1, 0.15) is 50.8 Å². The van der Waals surface area contributed by atoms with Gasteiger partial charge >= 0.3 is 0 Å². The molecule has 0 unspecified atom stereocenters. The van der Waals surface area contributed by atoms with Crippen molar-refractivity contribution in [2.24, 2.45) is 0 Å². The second kappa shape index (κ2) is 13.3. The third-order valence-electron chi connectivity index (χ3n) is 6.57. The third kappa shape index (κ3) is 8.24. The molecule has 0 aliphatic rings. The predicted octanol–water partition coefficient (Wildman–Crippen LogP) is 6.53. The van der Waals surface area contributed by atoms with Gasteiger partial charge in [0.1, 0.15) is 12.6 Å². The molecule has 2 amide bonds. The summed E-state index contributed by atoms with van der Waals surface area (Å²) < 4.78 is 29.0. The Morgan fingerprint density at radius 1 is 0.927 bits per heavy atom. The van der Waals surface area contributed by atoms with Gasteiger partial charge in [0, 0.05) is 12.1 Å². The number of anilines is 1. The lowest BCUT2D eigenvalue weighted by molar-refractivity contribution is -0.141. The molecule has 41 heavy (non-hydrogen) atoms. The van der Waals surface area contributed by atoms with Gasteiger partial charge in [-0.05, 0) is 82.5 Å². The van der Waals surface area contributed by atoms with Gasteiger partial charge in [-0.2, -0.15) is 0 Å². The van der Waals surface area contributed by atoms with E-state index in [9.17, 15) is 18.0 Å². The summed E-state index contributed by atoms with van der Waals surface area (Å²) in [5, 5.41) is 3.37. The Morgan fingerprint density at radius 3 is 2.12 bits per heavy atom. The fourth-order valence-corrected chi connectivity index (χ4v) is 6.05. The quantitative estimate of drug-likeness (QED) is 0.280. The summed E-state index contributed by atoms with van der Waals surface area (Å²) in [6, 6.07) is 17.5. The number of nitrogens with one attached hydrogen (secondary N) is 1. The van der Waals surface area contributed by atoms with Crippen LogP contribution in [0, 0.1) is 13.8 Å². The lowest BCUT2D eigenvalue weighted by Gasteiger charge is -2.35. The molecule has 0 aromatic heterocycles. The lowest BCUT2D eigenvalue weighted by atomic mass is 10.0. The molecule has 7 nitrogen and oxygen atoms in total. The Morgan fingerprint density at radius 2 is 1.56 bits per heavy atom. The van der Waals surface area contributed by atoms with Crippen molar-refractivity contribution in [1.29, 1.82) is 0 Å². The topological polar surface area (TPSA) is 86.8 Å². The van der Waals surface area contributed by atoms with Gasteiger partial charge in [0.2, 0.25) is 11.8 Å². The Balaban J connectivity index is 2.11. The molecule has 0 bridgehead atoms. The van der Waals surface area contributed by atoms with E-state index in [1.165, 1.54) is 35.2 Å². The number of carbonyl (C=O) groups excluding carboxylic acids is 2. The van der Waals surface area contributed by atoms with Gasteiger partial charge in [-0.25, -0.2) is 8.42 Å². The number of halogens is 2. The Labute approximate surface area is 253 Å². The van der Waals surface area contributed by atoms with E-state index >= 15 is 0 Å². The van der Waals surface area contributed by atoms with Crippen molar-refractivity contribution in [3.05, 3.63) is 93.5 Å². The highest BCUT2D eigenvalue weighted by molar-refractivity contribution is 7.92. The Hall–Kier alpha value is -3.07. The molecule has 0 heterocycles. The maximum absolute atomic E-state index is 14.2. The fourth-order valence-electron chi connectivity index (χ4n) is 4.35. The molecule has 10 heteroatoms. The number of sulfonamides is 1. The molecule has 0 saturated heterocycles. The molecule has 0 fully saturated rings. The smallest absolute Gasteiger partial charge is 0.264 e. The van der Waals surface area contributed by atoms with Crippen molar-refractivity contribution in [3.8, 4) is 0 Å². The van der Waals surface area contributed by atoms with E-state index < -0.39 is 34.1 Å². The number of rotatable bonds is 10. The minimum atomic E-state index is -4.21. The van der Waals surface area contributed by atoms with Crippen LogP contribution in [0.4, 0.5) is 5.69 Å². The summed E-state index contributed by atoms with van der Waals surface area (Å²) >= 11 is 12.4. The highest BCUT2D eigenvalue weighted by Gasteiger charge is 2.35. The van der Waals surface area contributed by atoms with Gasteiger partial charge in [-0.15, -0.1) is 0 Å². The van der Waals surface area contributed by atoms with Crippen LogP contribution in [-0.4, -0.2) is 43.3 Å². The second-order valence-corrected chi connectivity index (χ2v) is 13.7. The summed E-state index contributed by atoms with van der Waals surface area (Å²) in [6.45, 7) is 10.8. The molecule has 0 radical (unpaired) electrons. The van der Waals surface area contributed by atoms with Crippen molar-refractivity contribution >= 4 is 50.7 Å². The second-order valence-electron chi connectivity index (χ2n) is 11.0. The summed E-state index contributed by atoms with van der Waals surface area (Å²) in [5.74, 6) is -0.852. The van der Waals surface area contributed by atoms with Gasteiger partial charge in [0.25, 0.3) is 10.0 Å². The summed E-state index contributed by atoms with van der Waals surface area (Å²) in [4.78, 5) is 29.1. The predicted molar refractivity (Wildman–Crippen MR) is 166 cm³/mol. The molecular weight excluding hydrogens is 581 g/mol. The molecule has 0 aliphatic heterocycles. The van der Waals surface area contributed by atoms with E-state index in [1.807, 2.05) is 65.8 Å². The minimum Gasteiger partial charge on any atom is -0.350 e. The molecule has 1 atom stereocenters. The first kappa shape index (κ1) is 32.4. The minimum absolute atomic E-state index is 0.0185. The molecule has 3 aromatic carbocycles. The standard InChI is InChI=1S/C31H37Cl2N3O4S/c1-7-28(30(38)34-31(4,5)6)35(19-23-11-9-8-10-22(23)3)29(37)20-36(24-14-17-26(32)27(33)18-24)41(39,40)25-15-12-21(2)13-16-25/h8-18,28H,7,19-20H2,1-6H3,(H,34,38)/t28-/m1/s1. The average molecular weight is 619 g/mol. The third-order valence-corrected chi connectivity index (χ3v) is 9.09. The average Bonchev–Trinajstić information content (AvgIpc) is 2.89. The number of nitrogens with zero attached hydrogens (tertiary/aromatic N) is 2. The van der Waals surface area contributed by atoms with E-state index in [2.05, 4.69) is 5.32 Å². The molecule has 0 aliphatic carbocycles. The van der Waals surface area contributed by atoms with Gasteiger partial charge in [0.15, 0.2) is 0 Å². The number of aryl methyl sites for hydroxylation is 2. The SMILES string of the molecule is CC[C@H](C(=O)NC(C)(C)C)N(Cc1ccccc1C)C(=O)CN(c1ccc(Cl)c(Cl)c1)S(=O)(=O)c1ccc(C)cc1. The molecule has 3 rings (SSSR count). The van der Waals surface area contributed by atoms with Crippen LogP contribution >= 0.6 is 23.2 Å². The van der Waals surface area contributed by atoms with Crippen LogP contribution in [0.2, 0.25) is 10.0 Å². The maximum Gasteiger partial charge on any atom is 0.264 e. The van der Waals surface area contributed by atoms with Crippen LogP contribution in [-0.2, 0) is 26.2 Å². The summed E-state index contributed by atoms with van der Waals surface area (Å²) in [6.07, 6.45) is 0.330. The number of hydrogen-bond acceptors (Lipinski definition) is 4. The van der Waals surface area contributed by atoms with Crippen molar-refractivity contribution in [3.63, 3.8) is 0 Å². The highest BCUT2D eigenvalue weighted by atomic mass is 35.5. The number of hydrogen-bond donors (Lipinski definition) is 1. The van der Waals surface area contributed by atoms with E-state index in [-0.39, 0.29) is 33.1 Å². The summed E-state index contributed by atoms with van der Waals surface area (Å²) in [5.41, 5.74) is 2.34. The van der Waals surface area contributed by atoms with Crippen molar-refractivity contribution in [1.82, 2.24) is 10.2 Å². The highest BCUT2D eigenvalue weighted by Crippen LogP contribution is 2.31. The van der Waals surface area contributed by atoms with Crippen molar-refractivity contribution < 1.29 is 18.0 Å². The zero-order valence-electron chi connectivity index (χ0n) is 24.2. The Bertz CT molecular complexity index is 1500. The monoisotopic (exact) mass is 617 g/mol. The summed E-state index contributed by atoms with van der Waals surface area (Å²) in [7, 11) is -4.21. The number of carbonyl (C=O) groups is 2. The van der Waals surface area contributed by atoms with Crippen LogP contribution in [0.15, 0.2) is 71.6 Å². The molecule has 3 aromatic rings. The first-order valence-corrected chi connectivity index (χ1v) is 15.5. The van der Waals surface area contributed by atoms with Gasteiger partial charge < -0.3 is 10.2 Å². The van der Waals surface area contributed by atoms with E-state index in [4.69, 9.17) is 23.2 Å². The normalized spacial score (nSPS) is 12.5. The maximum atomic E-state index is 14.2. The zero-order chi connectivity index (χ0) is 30.5. The van der Waals surface area contributed by atoms with Crippen molar-refractivity contribution in [2.45, 2.75) is 71.0 Å². The van der Waals surface area contributed by atoms with Crippen LogP contribution in [0.25, 0.3) is 0 Å². The Kier molecular flexibility index (Phi) is 10.5. The number of benzene rings is 3. The lowest BCUT2D eigenvalue weighted by Crippen LogP contribution is -2.55. The van der Waals surface area contributed by atoms with Gasteiger partial charge in [-0.1, -0.05) is 72.1 Å². The van der Waals surface area contributed by atoms with Gasteiger partial charge in [0.05, 0.1) is 20.6 Å². The van der Waals surface area contributed by atoms with E-state index in [0.717, 1.165) is 21.0 Å². The zero-order valence-corrected chi connectivity index (χ0v) is 26.6. The first-order chi connectivity index (χ1) is 19.1.